The highest BCUT2D eigenvalue weighted by Crippen LogP contribution is 2.28. The maximum atomic E-state index is 12.6. The van der Waals surface area contributed by atoms with Crippen molar-refractivity contribution < 1.29 is 26.3 Å². The van der Waals surface area contributed by atoms with E-state index in [-0.39, 0.29) is 32.0 Å². The lowest BCUT2D eigenvalue weighted by Gasteiger charge is -2.32. The Kier molecular flexibility index (Phi) is 7.53. The van der Waals surface area contributed by atoms with E-state index in [4.69, 9.17) is 4.74 Å². The smallest absolute Gasteiger partial charge is 0.491 e. The lowest BCUT2D eigenvalue weighted by Crippen LogP contribution is -2.52. The molecule has 0 unspecified atom stereocenters. The number of nitrogens with zero attached hydrogens (tertiary/aromatic N) is 2. The summed E-state index contributed by atoms with van der Waals surface area (Å²) in [7, 11) is -3.68. The predicted molar refractivity (Wildman–Crippen MR) is 101 cm³/mol. The molecule has 1 heterocycles. The molecule has 1 aliphatic rings. The van der Waals surface area contributed by atoms with E-state index >= 15 is 0 Å². The minimum atomic E-state index is -5.26. The summed E-state index contributed by atoms with van der Waals surface area (Å²) in [6.45, 7) is 2.47. The fourth-order valence-corrected chi connectivity index (χ4v) is 3.81. The summed E-state index contributed by atoms with van der Waals surface area (Å²) in [4.78, 5) is 4.08. The van der Waals surface area contributed by atoms with Gasteiger partial charge in [-0.3, -0.25) is 4.99 Å². The van der Waals surface area contributed by atoms with Gasteiger partial charge >= 0.3 is 15.5 Å². The Morgan fingerprint density at radius 1 is 1.29 bits per heavy atom. The second-order valence-corrected chi connectivity index (χ2v) is 8.31. The lowest BCUT2D eigenvalue weighted by molar-refractivity contribution is -0.0494. The molecule has 0 saturated carbocycles. The van der Waals surface area contributed by atoms with Gasteiger partial charge in [0, 0.05) is 26.2 Å². The molecule has 1 saturated heterocycles. The van der Waals surface area contributed by atoms with E-state index in [1.54, 1.807) is 7.05 Å². The topological polar surface area (TPSA) is 83.0 Å². The first-order valence-electron chi connectivity index (χ1n) is 8.87. The monoisotopic (exact) mass is 422 g/mol. The summed E-state index contributed by atoms with van der Waals surface area (Å²) in [5.41, 5.74) is -4.23. The molecular weight excluding hydrogens is 397 g/mol. The van der Waals surface area contributed by atoms with Crippen molar-refractivity contribution in [3.05, 3.63) is 29.8 Å². The number of halogens is 3. The van der Waals surface area contributed by atoms with E-state index in [1.807, 2.05) is 31.2 Å². The second-order valence-electron chi connectivity index (χ2n) is 6.38. The number of ether oxygens (including phenoxy) is 1. The zero-order chi connectivity index (χ0) is 20.8. The first-order valence-corrected chi connectivity index (χ1v) is 10.3. The molecule has 158 valence electrons. The summed E-state index contributed by atoms with van der Waals surface area (Å²) in [6.07, 6.45) is 0.519. The number of guanidine groups is 1. The Hall–Kier alpha value is -2.01. The van der Waals surface area contributed by atoms with Gasteiger partial charge in [0.2, 0.25) is 0 Å². The van der Waals surface area contributed by atoms with Crippen molar-refractivity contribution in [1.82, 2.24) is 14.9 Å². The fraction of sp³-hybridized carbons (Fsp3) is 0.588. The molecule has 1 aromatic carbocycles. The standard InChI is InChI=1S/C17H25F3N4O3S/c1-13-5-3-4-6-15(13)27-12-9-22-16(21-2)23-14-7-10-24(11-8-14)28(25,26)17(18,19)20/h3-6,14H,7-12H2,1-2H3,(H2,21,22,23). The average molecular weight is 422 g/mol. The number of benzene rings is 1. The summed E-state index contributed by atoms with van der Waals surface area (Å²) in [5.74, 6) is 1.29. The number of piperidine rings is 1. The number of nitrogens with one attached hydrogen (secondary N) is 2. The Bertz CT molecular complexity index is 776. The molecule has 0 aromatic heterocycles. The van der Waals surface area contributed by atoms with Crippen LogP contribution in [0, 0.1) is 6.92 Å². The Balaban J connectivity index is 1.75. The predicted octanol–water partition coefficient (Wildman–Crippen LogP) is 1.85. The Morgan fingerprint density at radius 3 is 2.50 bits per heavy atom. The summed E-state index contributed by atoms with van der Waals surface area (Å²) in [6, 6.07) is 7.49. The molecule has 0 radical (unpaired) electrons. The number of alkyl halides is 3. The van der Waals surface area contributed by atoms with Crippen LogP contribution in [0.5, 0.6) is 5.75 Å². The van der Waals surface area contributed by atoms with Gasteiger partial charge in [0.1, 0.15) is 12.4 Å². The minimum absolute atomic E-state index is 0.164. The van der Waals surface area contributed by atoms with E-state index in [2.05, 4.69) is 15.6 Å². The molecule has 7 nitrogen and oxygen atoms in total. The van der Waals surface area contributed by atoms with Gasteiger partial charge < -0.3 is 15.4 Å². The average Bonchev–Trinajstić information content (AvgIpc) is 2.65. The third-order valence-corrected chi connectivity index (χ3v) is 6.03. The van der Waals surface area contributed by atoms with Crippen LogP contribution in [0.4, 0.5) is 13.2 Å². The van der Waals surface area contributed by atoms with Crippen molar-refractivity contribution in [3.63, 3.8) is 0 Å². The van der Waals surface area contributed by atoms with E-state index in [9.17, 15) is 21.6 Å². The minimum Gasteiger partial charge on any atom is -0.491 e. The highest BCUT2D eigenvalue weighted by Gasteiger charge is 2.50. The van der Waals surface area contributed by atoms with Crippen molar-refractivity contribution in [2.24, 2.45) is 4.99 Å². The largest absolute Gasteiger partial charge is 0.511 e. The van der Waals surface area contributed by atoms with E-state index in [0.29, 0.717) is 23.4 Å². The van der Waals surface area contributed by atoms with Crippen molar-refractivity contribution in [2.75, 3.05) is 33.3 Å². The fourth-order valence-electron chi connectivity index (χ4n) is 2.82. The molecule has 0 atom stereocenters. The van der Waals surface area contributed by atoms with Gasteiger partial charge in [0.15, 0.2) is 5.96 Å². The van der Waals surface area contributed by atoms with E-state index < -0.39 is 15.5 Å². The van der Waals surface area contributed by atoms with Crippen LogP contribution in [-0.2, 0) is 10.0 Å². The van der Waals surface area contributed by atoms with Gasteiger partial charge in [-0.05, 0) is 31.4 Å². The molecule has 2 rings (SSSR count). The van der Waals surface area contributed by atoms with Crippen LogP contribution in [0.15, 0.2) is 29.3 Å². The normalized spacial score (nSPS) is 17.4. The zero-order valence-corrected chi connectivity index (χ0v) is 16.6. The molecule has 0 amide bonds. The van der Waals surface area contributed by atoms with Crippen LogP contribution in [0.2, 0.25) is 0 Å². The van der Waals surface area contributed by atoms with Crippen LogP contribution in [0.25, 0.3) is 0 Å². The van der Waals surface area contributed by atoms with E-state index in [0.717, 1.165) is 11.3 Å². The number of aliphatic imine (C=N–C) groups is 1. The number of hydrogen-bond acceptors (Lipinski definition) is 4. The first kappa shape index (κ1) is 22.3. The molecule has 2 N–H and O–H groups in total. The quantitative estimate of drug-likeness (QED) is 0.415. The van der Waals surface area contributed by atoms with E-state index in [1.165, 1.54) is 0 Å². The van der Waals surface area contributed by atoms with Gasteiger partial charge in [0.05, 0.1) is 6.54 Å². The van der Waals surface area contributed by atoms with Crippen LogP contribution in [0.3, 0.4) is 0 Å². The summed E-state index contributed by atoms with van der Waals surface area (Å²) < 4.78 is 66.9. The van der Waals surface area contributed by atoms with Gasteiger partial charge in [-0.15, -0.1) is 0 Å². The maximum absolute atomic E-state index is 12.6. The number of sulfonamides is 1. The Morgan fingerprint density at radius 2 is 1.93 bits per heavy atom. The summed E-state index contributed by atoms with van der Waals surface area (Å²) >= 11 is 0. The van der Waals surface area contributed by atoms with Crippen molar-refractivity contribution in [3.8, 4) is 5.75 Å². The van der Waals surface area contributed by atoms with Gasteiger partial charge in [0.25, 0.3) is 0 Å². The molecule has 0 spiro atoms. The van der Waals surface area contributed by atoms with Crippen LogP contribution < -0.4 is 15.4 Å². The van der Waals surface area contributed by atoms with Crippen LogP contribution in [-0.4, -0.2) is 63.5 Å². The molecule has 0 aliphatic carbocycles. The SMILES string of the molecule is CN=C(NCCOc1ccccc1C)NC1CCN(S(=O)(=O)C(F)(F)F)CC1. The lowest BCUT2D eigenvalue weighted by atomic mass is 10.1. The molecule has 11 heteroatoms. The van der Waals surface area contributed by atoms with Gasteiger partial charge in [-0.2, -0.15) is 17.5 Å². The number of rotatable bonds is 6. The van der Waals surface area contributed by atoms with Crippen molar-refractivity contribution in [2.45, 2.75) is 31.3 Å². The maximum Gasteiger partial charge on any atom is 0.511 e. The number of para-hydroxylation sites is 1. The number of aryl methyl sites for hydroxylation is 1. The third kappa shape index (κ3) is 5.74. The van der Waals surface area contributed by atoms with Gasteiger partial charge in [-0.1, -0.05) is 18.2 Å². The van der Waals surface area contributed by atoms with Gasteiger partial charge in [-0.25, -0.2) is 8.42 Å². The van der Waals surface area contributed by atoms with Crippen LogP contribution >= 0.6 is 0 Å². The highest BCUT2D eigenvalue weighted by molar-refractivity contribution is 7.90. The summed E-state index contributed by atoms with van der Waals surface area (Å²) in [5, 5.41) is 6.18. The Labute approximate surface area is 163 Å². The molecule has 1 aliphatic heterocycles. The molecule has 28 heavy (non-hydrogen) atoms. The second kappa shape index (κ2) is 9.46. The molecule has 0 bridgehead atoms. The van der Waals surface area contributed by atoms with Crippen molar-refractivity contribution >= 4 is 16.0 Å². The molecular formula is C17H25F3N4O3S. The third-order valence-electron chi connectivity index (χ3n) is 4.40. The highest BCUT2D eigenvalue weighted by atomic mass is 32.2. The zero-order valence-electron chi connectivity index (χ0n) is 15.8. The number of hydrogen-bond donors (Lipinski definition) is 2. The van der Waals surface area contributed by atoms with Crippen LogP contribution in [0.1, 0.15) is 18.4 Å². The molecule has 1 aromatic rings. The molecule has 1 fully saturated rings. The van der Waals surface area contributed by atoms with Crippen molar-refractivity contribution in [1.29, 1.82) is 0 Å². The first-order chi connectivity index (χ1) is 13.1.